The number of ketones is 1. The number of hydrogen-bond acceptors (Lipinski definition) is 5. The quantitative estimate of drug-likeness (QED) is 0.483. The van der Waals surface area contributed by atoms with Gasteiger partial charge in [0, 0.05) is 29.0 Å². The van der Waals surface area contributed by atoms with E-state index in [1.165, 1.54) is 42.5 Å². The first kappa shape index (κ1) is 15.6. The lowest BCUT2D eigenvalue weighted by molar-refractivity contribution is -0.584. The van der Waals surface area contributed by atoms with E-state index in [9.17, 15) is 25.0 Å². The van der Waals surface area contributed by atoms with Crippen molar-refractivity contribution in [1.29, 1.82) is 0 Å². The van der Waals surface area contributed by atoms with Crippen molar-refractivity contribution in [2.24, 2.45) is 5.92 Å². The fourth-order valence-corrected chi connectivity index (χ4v) is 2.73. The summed E-state index contributed by atoms with van der Waals surface area (Å²) in [6, 6.07) is 5.14. The first-order chi connectivity index (χ1) is 10.4. The van der Waals surface area contributed by atoms with Crippen molar-refractivity contribution in [1.82, 2.24) is 0 Å². The van der Waals surface area contributed by atoms with Gasteiger partial charge in [0.05, 0.1) is 4.92 Å². The smallest absolute Gasteiger partial charge is 0.269 e. The number of allylic oxidation sites excluding steroid dienone is 2. The molecule has 0 aromatic heterocycles. The van der Waals surface area contributed by atoms with E-state index in [2.05, 4.69) is 0 Å². The fourth-order valence-electron chi connectivity index (χ4n) is 2.73. The molecule has 0 bridgehead atoms. The van der Waals surface area contributed by atoms with Crippen molar-refractivity contribution in [3.05, 3.63) is 74.4 Å². The van der Waals surface area contributed by atoms with E-state index in [1.54, 1.807) is 13.0 Å². The Hall–Kier alpha value is -2.83. The van der Waals surface area contributed by atoms with Crippen molar-refractivity contribution >= 4 is 11.5 Å². The lowest BCUT2D eigenvalue weighted by Gasteiger charge is -2.32. The highest BCUT2D eigenvalue weighted by molar-refractivity contribution is 5.95. The van der Waals surface area contributed by atoms with Gasteiger partial charge in [-0.2, -0.15) is 0 Å². The molecule has 2 unspecified atom stereocenters. The van der Waals surface area contributed by atoms with Gasteiger partial charge < -0.3 is 0 Å². The van der Waals surface area contributed by atoms with E-state index >= 15 is 0 Å². The SMILES string of the molecule is CC=CC1C(=O)C=CCC1(c1ccc([N+](=O)[O-])cc1)[N+](=O)[O-]. The standard InChI is InChI=1S/C15H14N2O5/c1-2-4-13-14(18)5-3-10-15(13,17(21)22)11-6-8-12(9-7-11)16(19)20/h2-9,13H,10H2,1H3. The fraction of sp³-hybridized carbons (Fsp3) is 0.267. The summed E-state index contributed by atoms with van der Waals surface area (Å²) in [6.45, 7) is 1.69. The molecular weight excluding hydrogens is 288 g/mol. The minimum Gasteiger partial charge on any atom is -0.294 e. The molecule has 0 aliphatic heterocycles. The minimum absolute atomic E-state index is 0.0541. The summed E-state index contributed by atoms with van der Waals surface area (Å²) >= 11 is 0. The van der Waals surface area contributed by atoms with Gasteiger partial charge in [0.1, 0.15) is 5.92 Å². The molecule has 0 fully saturated rings. The molecule has 2 rings (SSSR count). The summed E-state index contributed by atoms with van der Waals surface area (Å²) in [5.41, 5.74) is -1.50. The van der Waals surface area contributed by atoms with Crippen LogP contribution >= 0.6 is 0 Å². The van der Waals surface area contributed by atoms with Gasteiger partial charge in [-0.25, -0.2) is 0 Å². The first-order valence-corrected chi connectivity index (χ1v) is 6.66. The topological polar surface area (TPSA) is 103 Å². The summed E-state index contributed by atoms with van der Waals surface area (Å²) in [4.78, 5) is 33.6. The molecule has 1 aliphatic carbocycles. The normalized spacial score (nSPS) is 24.6. The molecule has 0 N–H and O–H groups in total. The van der Waals surface area contributed by atoms with Crippen LogP contribution in [0.1, 0.15) is 18.9 Å². The van der Waals surface area contributed by atoms with Crippen LogP contribution in [0.2, 0.25) is 0 Å². The molecule has 1 aromatic carbocycles. The molecule has 0 saturated carbocycles. The summed E-state index contributed by atoms with van der Waals surface area (Å²) < 4.78 is 0. The summed E-state index contributed by atoms with van der Waals surface area (Å²) in [5.74, 6) is -1.28. The Labute approximate surface area is 126 Å². The number of rotatable bonds is 4. The lowest BCUT2D eigenvalue weighted by atomic mass is 9.71. The molecule has 0 spiro atoms. The monoisotopic (exact) mass is 302 g/mol. The number of carbonyl (C=O) groups is 1. The molecular formula is C15H14N2O5. The molecule has 7 nitrogen and oxygen atoms in total. The van der Waals surface area contributed by atoms with Crippen molar-refractivity contribution < 1.29 is 14.6 Å². The van der Waals surface area contributed by atoms with Crippen molar-refractivity contribution in [3.63, 3.8) is 0 Å². The Morgan fingerprint density at radius 3 is 2.36 bits per heavy atom. The van der Waals surface area contributed by atoms with E-state index in [1.807, 2.05) is 0 Å². The zero-order chi connectivity index (χ0) is 16.3. The van der Waals surface area contributed by atoms with Crippen LogP contribution in [-0.4, -0.2) is 15.6 Å². The third-order valence-electron chi connectivity index (χ3n) is 3.82. The zero-order valence-corrected chi connectivity index (χ0v) is 11.8. The van der Waals surface area contributed by atoms with Crippen LogP contribution in [0.5, 0.6) is 0 Å². The zero-order valence-electron chi connectivity index (χ0n) is 11.8. The predicted octanol–water partition coefficient (Wildman–Crippen LogP) is 2.79. The minimum atomic E-state index is -1.63. The maximum absolute atomic E-state index is 12.1. The highest BCUT2D eigenvalue weighted by Gasteiger charge is 2.54. The number of carbonyl (C=O) groups excluding carboxylic acids is 1. The van der Waals surface area contributed by atoms with Gasteiger partial charge in [-0.1, -0.05) is 18.2 Å². The Kier molecular flexibility index (Phi) is 4.16. The molecule has 22 heavy (non-hydrogen) atoms. The second-order valence-corrected chi connectivity index (χ2v) is 5.00. The summed E-state index contributed by atoms with van der Waals surface area (Å²) in [5, 5.41) is 22.5. The summed E-state index contributed by atoms with van der Waals surface area (Å²) in [6.07, 6.45) is 5.99. The number of nitro benzene ring substituents is 1. The highest BCUT2D eigenvalue weighted by atomic mass is 16.6. The predicted molar refractivity (Wildman–Crippen MR) is 78.8 cm³/mol. The van der Waals surface area contributed by atoms with Crippen molar-refractivity contribution in [2.75, 3.05) is 0 Å². The average molecular weight is 302 g/mol. The third-order valence-corrected chi connectivity index (χ3v) is 3.82. The molecule has 7 heteroatoms. The molecule has 0 amide bonds. The van der Waals surface area contributed by atoms with Crippen LogP contribution in [0, 0.1) is 26.1 Å². The third kappa shape index (κ3) is 2.41. The molecule has 114 valence electrons. The van der Waals surface area contributed by atoms with Gasteiger partial charge in [-0.05, 0) is 25.1 Å². The Balaban J connectivity index is 2.61. The second-order valence-electron chi connectivity index (χ2n) is 5.00. The molecule has 2 atom stereocenters. The Morgan fingerprint density at radius 2 is 1.86 bits per heavy atom. The first-order valence-electron chi connectivity index (χ1n) is 6.66. The average Bonchev–Trinajstić information content (AvgIpc) is 2.49. The van der Waals surface area contributed by atoms with Crippen molar-refractivity contribution in [2.45, 2.75) is 18.9 Å². The summed E-state index contributed by atoms with van der Waals surface area (Å²) in [7, 11) is 0. The maximum Gasteiger partial charge on any atom is 0.269 e. The van der Waals surface area contributed by atoms with E-state index in [-0.39, 0.29) is 23.5 Å². The van der Waals surface area contributed by atoms with Gasteiger partial charge in [0.15, 0.2) is 5.78 Å². The molecule has 0 radical (unpaired) electrons. The van der Waals surface area contributed by atoms with Gasteiger partial charge >= 0.3 is 0 Å². The van der Waals surface area contributed by atoms with Gasteiger partial charge in [-0.15, -0.1) is 0 Å². The van der Waals surface area contributed by atoms with E-state index in [0.29, 0.717) is 0 Å². The highest BCUT2D eigenvalue weighted by Crippen LogP contribution is 2.41. The number of nitrogens with zero attached hydrogens (tertiary/aromatic N) is 2. The van der Waals surface area contributed by atoms with Gasteiger partial charge in [-0.3, -0.25) is 25.0 Å². The molecule has 0 saturated heterocycles. The maximum atomic E-state index is 12.1. The van der Waals surface area contributed by atoms with Crippen LogP contribution < -0.4 is 0 Å². The van der Waals surface area contributed by atoms with Crippen LogP contribution in [0.25, 0.3) is 0 Å². The molecule has 0 heterocycles. The second kappa shape index (κ2) is 5.88. The molecule has 1 aromatic rings. The van der Waals surface area contributed by atoms with Crippen LogP contribution in [0.15, 0.2) is 48.6 Å². The van der Waals surface area contributed by atoms with Crippen molar-refractivity contribution in [3.8, 4) is 0 Å². The number of non-ortho nitro benzene ring substituents is 1. The van der Waals surface area contributed by atoms with E-state index in [4.69, 9.17) is 0 Å². The Morgan fingerprint density at radius 1 is 1.23 bits per heavy atom. The van der Waals surface area contributed by atoms with Crippen LogP contribution in [0.3, 0.4) is 0 Å². The number of hydrogen-bond donors (Lipinski definition) is 0. The molecule has 1 aliphatic rings. The van der Waals surface area contributed by atoms with E-state index in [0.717, 1.165) is 0 Å². The number of nitro groups is 2. The van der Waals surface area contributed by atoms with Crippen LogP contribution in [0.4, 0.5) is 5.69 Å². The van der Waals surface area contributed by atoms with Gasteiger partial charge in [0.2, 0.25) is 0 Å². The number of benzene rings is 1. The largest absolute Gasteiger partial charge is 0.294 e. The van der Waals surface area contributed by atoms with Crippen LogP contribution in [-0.2, 0) is 10.3 Å². The lowest BCUT2D eigenvalue weighted by Crippen LogP contribution is -2.46. The van der Waals surface area contributed by atoms with Gasteiger partial charge in [0.25, 0.3) is 11.2 Å². The Bertz CT molecular complexity index is 678. The van der Waals surface area contributed by atoms with E-state index < -0.39 is 21.3 Å².